The first-order valence-corrected chi connectivity index (χ1v) is 7.60. The highest BCUT2D eigenvalue weighted by atomic mass is 14.2. The van der Waals surface area contributed by atoms with Crippen LogP contribution in [0.5, 0.6) is 0 Å². The summed E-state index contributed by atoms with van der Waals surface area (Å²) in [5.41, 5.74) is 2.41. The van der Waals surface area contributed by atoms with Gasteiger partial charge in [0, 0.05) is 0 Å². The summed E-state index contributed by atoms with van der Waals surface area (Å²) < 4.78 is 0. The molecule has 0 saturated carbocycles. The van der Waals surface area contributed by atoms with E-state index in [-0.39, 0.29) is 49.2 Å². The van der Waals surface area contributed by atoms with Crippen molar-refractivity contribution in [1.82, 2.24) is 0 Å². The van der Waals surface area contributed by atoms with Gasteiger partial charge in [-0.3, -0.25) is 0 Å². The van der Waals surface area contributed by atoms with Crippen LogP contribution in [0.2, 0.25) is 0 Å². The van der Waals surface area contributed by atoms with Crippen molar-refractivity contribution in [3.8, 4) is 11.1 Å². The predicted molar refractivity (Wildman–Crippen MR) is 119 cm³/mol. The van der Waals surface area contributed by atoms with Crippen LogP contribution in [-0.4, -0.2) is 70.6 Å². The molecule has 0 unspecified atom stereocenters. The molecule has 0 heterocycles. The molecule has 0 aliphatic carbocycles. The van der Waals surface area contributed by atoms with E-state index in [2.05, 4.69) is 0 Å². The van der Waals surface area contributed by atoms with E-state index in [9.17, 15) is 0 Å². The van der Waals surface area contributed by atoms with Gasteiger partial charge >= 0.3 is 0 Å². The van der Waals surface area contributed by atoms with Gasteiger partial charge in [0.25, 0.3) is 0 Å². The lowest BCUT2D eigenvalue weighted by atomic mass is 9.55. The summed E-state index contributed by atoms with van der Waals surface area (Å²) >= 11 is 0. The molecule has 2 rings (SSSR count). The predicted octanol–water partition coefficient (Wildman–Crippen LogP) is -6.20. The van der Waals surface area contributed by atoms with Crippen LogP contribution in [0.4, 0.5) is 0 Å². The van der Waals surface area contributed by atoms with Gasteiger partial charge in [0.1, 0.15) is 70.6 Å². The topological polar surface area (TPSA) is 0 Å². The van der Waals surface area contributed by atoms with Gasteiger partial charge in [0.05, 0.1) is 0 Å². The van der Waals surface area contributed by atoms with Crippen LogP contribution in [0.3, 0.4) is 0 Å². The molecule has 9 heteroatoms. The second-order valence-electron chi connectivity index (χ2n) is 7.10. The van der Waals surface area contributed by atoms with Gasteiger partial charge in [0.2, 0.25) is 0 Å². The summed E-state index contributed by atoms with van der Waals surface area (Å²) in [5, 5.41) is 0. The maximum atomic E-state index is 6.27. The molecular formula is C16H9B9. The molecule has 0 amide bonds. The molecule has 0 aliphatic heterocycles. The monoisotopic (exact) mass is 300 g/mol. The van der Waals surface area contributed by atoms with Gasteiger partial charge in [-0.05, 0) is 16.5 Å². The standard InChI is InChI=1S/C16H9B9/c1-16(2,3)6-11(21)7(17)4(8(18)12(6)22)5-9(19)13(23)15(25)14(24)10(5)20/h1-3H3. The highest BCUT2D eigenvalue weighted by Gasteiger charge is 2.24. The SMILES string of the molecule is [B]c1c([B])c([B])c(-c2c([B])c([B])c(C(C)(C)C)c([B])c2[B])c([B])c1[B]. The fourth-order valence-electron chi connectivity index (χ4n) is 3.03. The van der Waals surface area contributed by atoms with Crippen LogP contribution in [0.1, 0.15) is 26.3 Å². The summed E-state index contributed by atoms with van der Waals surface area (Å²) in [5.74, 6) is 0. The molecule has 0 nitrogen and oxygen atoms in total. The Balaban J connectivity index is 3.03. The van der Waals surface area contributed by atoms with Gasteiger partial charge in [-0.25, -0.2) is 0 Å². The minimum Gasteiger partial charge on any atom is -0.112 e. The summed E-state index contributed by atoms with van der Waals surface area (Å²) in [6.07, 6.45) is 0. The highest BCUT2D eigenvalue weighted by molar-refractivity contribution is 6.70. The van der Waals surface area contributed by atoms with Gasteiger partial charge < -0.3 is 0 Å². The maximum absolute atomic E-state index is 6.27. The number of hydrogen-bond acceptors (Lipinski definition) is 0. The minimum atomic E-state index is -0.370. The average molecular weight is 299 g/mol. The van der Waals surface area contributed by atoms with Gasteiger partial charge in [-0.1, -0.05) is 59.1 Å². The smallest absolute Gasteiger partial charge is 0.112 e. The van der Waals surface area contributed by atoms with E-state index in [1.54, 1.807) is 0 Å². The maximum Gasteiger partial charge on any atom is 0.113 e. The summed E-state index contributed by atoms with van der Waals surface area (Å²) in [7, 11) is 55.0. The lowest BCUT2D eigenvalue weighted by molar-refractivity contribution is 0.598. The lowest BCUT2D eigenvalue weighted by Gasteiger charge is -2.32. The van der Waals surface area contributed by atoms with Crippen molar-refractivity contribution >= 4 is 120 Å². The van der Waals surface area contributed by atoms with Crippen LogP contribution in [-0.2, 0) is 5.41 Å². The van der Waals surface area contributed by atoms with E-state index in [0.29, 0.717) is 22.1 Å². The van der Waals surface area contributed by atoms with Gasteiger partial charge in [-0.15, -0.1) is 16.4 Å². The minimum absolute atomic E-state index is 0.0949. The molecule has 0 bridgehead atoms. The first-order chi connectivity index (χ1) is 11.3. The molecule has 2 aromatic carbocycles. The summed E-state index contributed by atoms with van der Waals surface area (Å²) in [6, 6.07) is 0. The molecule has 0 spiro atoms. The molecule has 0 N–H and O–H groups in total. The third kappa shape index (κ3) is 3.13. The zero-order chi connectivity index (χ0) is 19.4. The molecule has 100 valence electrons. The Morgan fingerprint density at radius 3 is 0.920 bits per heavy atom. The number of rotatable bonds is 1. The molecule has 0 saturated heterocycles. The fraction of sp³-hybridized carbons (Fsp3) is 0.250. The molecule has 0 fully saturated rings. The van der Waals surface area contributed by atoms with Crippen LogP contribution >= 0.6 is 0 Å². The van der Waals surface area contributed by atoms with E-state index in [0.717, 1.165) is 0 Å². The second-order valence-corrected chi connectivity index (χ2v) is 7.10. The van der Waals surface area contributed by atoms with Crippen molar-refractivity contribution in [3.63, 3.8) is 0 Å². The number of benzene rings is 2. The van der Waals surface area contributed by atoms with E-state index in [1.165, 1.54) is 0 Å². The van der Waals surface area contributed by atoms with Crippen LogP contribution < -0.4 is 49.2 Å². The normalized spacial score (nSPS) is 11.6. The molecule has 2 aromatic rings. The Morgan fingerprint density at radius 1 is 0.400 bits per heavy atom. The molecule has 18 radical (unpaired) electrons. The van der Waals surface area contributed by atoms with Crippen molar-refractivity contribution in [2.45, 2.75) is 26.2 Å². The van der Waals surface area contributed by atoms with Crippen molar-refractivity contribution in [3.05, 3.63) is 5.56 Å². The Labute approximate surface area is 162 Å². The zero-order valence-electron chi connectivity index (χ0n) is 14.7. The summed E-state index contributed by atoms with van der Waals surface area (Å²) in [4.78, 5) is 0. The third-order valence-corrected chi connectivity index (χ3v) is 4.36. The van der Waals surface area contributed by atoms with Crippen molar-refractivity contribution < 1.29 is 0 Å². The molecule has 25 heavy (non-hydrogen) atoms. The zero-order valence-corrected chi connectivity index (χ0v) is 14.7. The van der Waals surface area contributed by atoms with Crippen molar-refractivity contribution in [1.29, 1.82) is 0 Å². The summed E-state index contributed by atoms with van der Waals surface area (Å²) in [6.45, 7) is 5.86. The van der Waals surface area contributed by atoms with Crippen molar-refractivity contribution in [2.24, 2.45) is 0 Å². The van der Waals surface area contributed by atoms with Gasteiger partial charge in [-0.2, -0.15) is 0 Å². The molecule has 0 aliphatic rings. The largest absolute Gasteiger partial charge is 0.113 e. The quantitative estimate of drug-likeness (QED) is 0.460. The highest BCUT2D eigenvalue weighted by Crippen LogP contribution is 2.18. The fourth-order valence-corrected chi connectivity index (χ4v) is 3.03. The average Bonchev–Trinajstić information content (AvgIpc) is 2.51. The first-order valence-electron chi connectivity index (χ1n) is 7.60. The molecular weight excluding hydrogens is 289 g/mol. The van der Waals surface area contributed by atoms with E-state index in [4.69, 9.17) is 70.6 Å². The number of hydrogen-bond donors (Lipinski definition) is 0. The molecule has 0 atom stereocenters. The van der Waals surface area contributed by atoms with E-state index >= 15 is 0 Å². The third-order valence-electron chi connectivity index (χ3n) is 4.36. The van der Waals surface area contributed by atoms with Crippen LogP contribution in [0, 0.1) is 0 Å². The Kier molecular flexibility index (Phi) is 5.40. The Bertz CT molecular complexity index is 821. The van der Waals surface area contributed by atoms with Crippen molar-refractivity contribution in [2.75, 3.05) is 0 Å². The van der Waals surface area contributed by atoms with Crippen LogP contribution in [0.25, 0.3) is 11.1 Å². The van der Waals surface area contributed by atoms with Gasteiger partial charge in [0.15, 0.2) is 0 Å². The van der Waals surface area contributed by atoms with E-state index < -0.39 is 0 Å². The first kappa shape index (κ1) is 20.3. The van der Waals surface area contributed by atoms with E-state index in [1.807, 2.05) is 20.8 Å². The lowest BCUT2D eigenvalue weighted by Crippen LogP contribution is -2.57. The second kappa shape index (κ2) is 6.64. The molecule has 0 aromatic heterocycles. The Hall–Kier alpha value is -0.976. The van der Waals surface area contributed by atoms with Crippen LogP contribution in [0.15, 0.2) is 0 Å². The Morgan fingerprint density at radius 2 is 0.640 bits per heavy atom.